The van der Waals surface area contributed by atoms with Gasteiger partial charge in [0, 0.05) is 35.4 Å². The summed E-state index contributed by atoms with van der Waals surface area (Å²) < 4.78 is 0. The van der Waals surface area contributed by atoms with E-state index in [2.05, 4.69) is 71.2 Å². The number of likely N-dealkylation sites (N-methyl/N-ethyl adjacent to an activating group) is 1. The molecule has 3 heterocycles. The van der Waals surface area contributed by atoms with Crippen molar-refractivity contribution in [1.29, 1.82) is 0 Å². The van der Waals surface area contributed by atoms with Crippen LogP contribution in [0.5, 0.6) is 0 Å². The molecule has 0 amide bonds. The van der Waals surface area contributed by atoms with Crippen molar-refractivity contribution in [1.82, 2.24) is 4.98 Å². The number of hydrogen-bond donors (Lipinski definition) is 0. The smallest absolute Gasteiger partial charge is 0.154 e. The Kier molecular flexibility index (Phi) is 4.46. The molecular formula is C27H26ClN5. The molecule has 1 aromatic heterocycles. The molecule has 3 aromatic rings. The molecule has 2 aliphatic heterocycles. The van der Waals surface area contributed by atoms with Crippen molar-refractivity contribution in [2.75, 3.05) is 26.9 Å². The van der Waals surface area contributed by atoms with Gasteiger partial charge in [-0.1, -0.05) is 43.0 Å². The number of para-hydroxylation sites is 1. The number of hydrogen-bond acceptors (Lipinski definition) is 5. The summed E-state index contributed by atoms with van der Waals surface area (Å²) in [5, 5.41) is 4.98. The molecule has 3 aliphatic rings. The SMILES string of the molecule is C=C1C(C)N(C2CC2)c2cc(N3C(=C)c4ccccc4N3c3ccc(Cl)cc3)ncc2N1C. The summed E-state index contributed by atoms with van der Waals surface area (Å²) in [7, 11) is 2.08. The standard InChI is InChI=1S/C27H26ClN5/c1-17-18(2)31(21-13-14-21)25-15-27(29-16-26(25)30(17)4)32-19(3)23-7-5-6-8-24(23)33(32)22-11-9-20(28)10-12-22/h5-12,15-16,18,21H,1,3,13-14H2,2,4H3. The highest BCUT2D eigenvalue weighted by atomic mass is 35.5. The first-order chi connectivity index (χ1) is 16.0. The van der Waals surface area contributed by atoms with E-state index in [0.29, 0.717) is 11.1 Å². The Labute approximate surface area is 199 Å². The van der Waals surface area contributed by atoms with Crippen LogP contribution in [-0.4, -0.2) is 24.1 Å². The van der Waals surface area contributed by atoms with Crippen LogP contribution in [0.15, 0.2) is 79.6 Å². The van der Waals surface area contributed by atoms with Gasteiger partial charge in [0.1, 0.15) is 0 Å². The van der Waals surface area contributed by atoms with Crippen LogP contribution in [0.3, 0.4) is 0 Å². The van der Waals surface area contributed by atoms with E-state index in [1.165, 1.54) is 18.5 Å². The number of fused-ring (bicyclic) bond motifs is 2. The van der Waals surface area contributed by atoms with Crippen molar-refractivity contribution in [3.05, 3.63) is 90.2 Å². The van der Waals surface area contributed by atoms with E-state index < -0.39 is 0 Å². The van der Waals surface area contributed by atoms with Gasteiger partial charge in [-0.15, -0.1) is 0 Å². The lowest BCUT2D eigenvalue weighted by atomic mass is 10.1. The molecule has 1 unspecified atom stereocenters. The Morgan fingerprint density at radius 3 is 2.39 bits per heavy atom. The molecule has 6 rings (SSSR count). The fourth-order valence-electron chi connectivity index (χ4n) is 5.00. The van der Waals surface area contributed by atoms with Gasteiger partial charge in [0.15, 0.2) is 5.82 Å². The Bertz CT molecular complexity index is 1280. The minimum atomic E-state index is 0.247. The van der Waals surface area contributed by atoms with Gasteiger partial charge >= 0.3 is 0 Å². The van der Waals surface area contributed by atoms with Gasteiger partial charge < -0.3 is 9.80 Å². The molecule has 0 radical (unpaired) electrons. The zero-order chi connectivity index (χ0) is 22.9. The Balaban J connectivity index is 1.50. The number of anilines is 5. The average Bonchev–Trinajstić information content (AvgIpc) is 3.62. The zero-order valence-corrected chi connectivity index (χ0v) is 19.6. The monoisotopic (exact) mass is 455 g/mol. The van der Waals surface area contributed by atoms with Crippen LogP contribution in [-0.2, 0) is 0 Å². The largest absolute Gasteiger partial charge is 0.358 e. The molecule has 0 N–H and O–H groups in total. The lowest BCUT2D eigenvalue weighted by Gasteiger charge is -2.44. The number of nitrogens with zero attached hydrogens (tertiary/aromatic N) is 5. The van der Waals surface area contributed by atoms with E-state index in [9.17, 15) is 0 Å². The first-order valence-electron chi connectivity index (χ1n) is 11.3. The van der Waals surface area contributed by atoms with Crippen molar-refractivity contribution >= 4 is 45.9 Å². The molecule has 33 heavy (non-hydrogen) atoms. The second-order valence-corrected chi connectivity index (χ2v) is 9.40. The van der Waals surface area contributed by atoms with Gasteiger partial charge in [-0.05, 0) is 50.1 Å². The van der Waals surface area contributed by atoms with Crippen LogP contribution in [0.4, 0.5) is 28.6 Å². The molecule has 0 spiro atoms. The summed E-state index contributed by atoms with van der Waals surface area (Å²) in [6.07, 6.45) is 4.40. The predicted octanol–water partition coefficient (Wildman–Crippen LogP) is 6.60. The quantitative estimate of drug-likeness (QED) is 0.443. The number of rotatable bonds is 3. The minimum Gasteiger partial charge on any atom is -0.358 e. The fraction of sp³-hybridized carbons (Fsp3) is 0.222. The molecular weight excluding hydrogens is 430 g/mol. The molecule has 1 fully saturated rings. The second-order valence-electron chi connectivity index (χ2n) is 8.96. The zero-order valence-electron chi connectivity index (χ0n) is 18.9. The van der Waals surface area contributed by atoms with Gasteiger partial charge in [-0.2, -0.15) is 0 Å². The van der Waals surface area contributed by atoms with Crippen LogP contribution in [0, 0.1) is 0 Å². The van der Waals surface area contributed by atoms with Crippen molar-refractivity contribution in [3.63, 3.8) is 0 Å². The van der Waals surface area contributed by atoms with E-state index in [1.54, 1.807) is 0 Å². The minimum absolute atomic E-state index is 0.247. The Hall–Kier alpha value is -3.44. The molecule has 2 aromatic carbocycles. The highest BCUT2D eigenvalue weighted by Gasteiger charge is 2.40. The van der Waals surface area contributed by atoms with Crippen LogP contribution in [0.25, 0.3) is 5.70 Å². The maximum atomic E-state index is 6.19. The Morgan fingerprint density at radius 2 is 1.67 bits per heavy atom. The van der Waals surface area contributed by atoms with E-state index in [4.69, 9.17) is 16.6 Å². The molecule has 166 valence electrons. The van der Waals surface area contributed by atoms with Crippen molar-refractivity contribution in [2.45, 2.75) is 31.8 Å². The van der Waals surface area contributed by atoms with Crippen LogP contribution in [0.2, 0.25) is 5.02 Å². The maximum absolute atomic E-state index is 6.19. The molecule has 6 heteroatoms. The van der Waals surface area contributed by atoms with Gasteiger partial charge in [0.05, 0.1) is 40.7 Å². The normalized spacial score (nSPS) is 19.8. The van der Waals surface area contributed by atoms with Crippen molar-refractivity contribution in [3.8, 4) is 0 Å². The summed E-state index contributed by atoms with van der Waals surface area (Å²) in [6, 6.07) is 19.2. The number of benzene rings is 2. The third kappa shape index (κ3) is 3.03. The fourth-order valence-corrected chi connectivity index (χ4v) is 5.13. The third-order valence-corrected chi connectivity index (χ3v) is 7.20. The molecule has 5 nitrogen and oxygen atoms in total. The van der Waals surface area contributed by atoms with Crippen molar-refractivity contribution in [2.24, 2.45) is 0 Å². The van der Waals surface area contributed by atoms with Crippen LogP contribution >= 0.6 is 11.6 Å². The van der Waals surface area contributed by atoms with E-state index in [-0.39, 0.29) is 6.04 Å². The van der Waals surface area contributed by atoms with Crippen LogP contribution < -0.4 is 19.8 Å². The first-order valence-corrected chi connectivity index (χ1v) is 11.7. The molecule has 1 atom stereocenters. The van der Waals surface area contributed by atoms with Crippen molar-refractivity contribution < 1.29 is 0 Å². The highest BCUT2D eigenvalue weighted by molar-refractivity contribution is 6.30. The van der Waals surface area contributed by atoms with E-state index in [1.807, 2.05) is 36.5 Å². The maximum Gasteiger partial charge on any atom is 0.154 e. The van der Waals surface area contributed by atoms with Crippen LogP contribution in [0.1, 0.15) is 25.3 Å². The van der Waals surface area contributed by atoms with Gasteiger partial charge in [-0.3, -0.25) is 0 Å². The summed E-state index contributed by atoms with van der Waals surface area (Å²) in [5.74, 6) is 0.837. The van der Waals surface area contributed by atoms with Gasteiger partial charge in [0.2, 0.25) is 0 Å². The lowest BCUT2D eigenvalue weighted by molar-refractivity contribution is 0.664. The number of pyridine rings is 1. The Morgan fingerprint density at radius 1 is 0.939 bits per heavy atom. The second kappa shape index (κ2) is 7.29. The highest BCUT2D eigenvalue weighted by Crippen LogP contribution is 2.49. The van der Waals surface area contributed by atoms with Gasteiger partial charge in [0.25, 0.3) is 0 Å². The number of aromatic nitrogens is 1. The molecule has 0 saturated heterocycles. The average molecular weight is 456 g/mol. The predicted molar refractivity (Wildman–Crippen MR) is 138 cm³/mol. The molecule has 1 saturated carbocycles. The number of halogens is 1. The summed E-state index contributed by atoms with van der Waals surface area (Å²) >= 11 is 6.19. The first kappa shape index (κ1) is 20.2. The summed E-state index contributed by atoms with van der Waals surface area (Å²) in [4.78, 5) is 9.59. The van der Waals surface area contributed by atoms with Gasteiger partial charge in [-0.25, -0.2) is 15.0 Å². The summed E-state index contributed by atoms with van der Waals surface area (Å²) in [6.45, 7) is 11.0. The topological polar surface area (TPSA) is 25.9 Å². The third-order valence-electron chi connectivity index (χ3n) is 6.94. The molecule has 0 bridgehead atoms. The lowest BCUT2D eigenvalue weighted by Crippen LogP contribution is -2.45. The summed E-state index contributed by atoms with van der Waals surface area (Å²) in [5.41, 5.74) is 7.45. The molecule has 1 aliphatic carbocycles. The van der Waals surface area contributed by atoms with E-state index in [0.717, 1.165) is 39.8 Å². The number of hydrazine groups is 1. The van der Waals surface area contributed by atoms with E-state index >= 15 is 0 Å².